The molecule has 0 radical (unpaired) electrons. The zero-order chi connectivity index (χ0) is 18.1. The monoisotopic (exact) mass is 372 g/mol. The van der Waals surface area contributed by atoms with Gasteiger partial charge in [0.1, 0.15) is 0 Å². The predicted octanol–water partition coefficient (Wildman–Crippen LogP) is 2.99. The first-order valence-corrected chi connectivity index (χ1v) is 9.63. The molecule has 0 aromatic carbocycles. The van der Waals surface area contributed by atoms with Gasteiger partial charge >= 0.3 is 0 Å². The Morgan fingerprint density at radius 2 is 2.15 bits per heavy atom. The molecule has 3 aromatic rings. The summed E-state index contributed by atoms with van der Waals surface area (Å²) in [6.07, 6.45) is 3.54. The Balaban J connectivity index is 1.40. The van der Waals surface area contributed by atoms with Crippen LogP contribution in [0.15, 0.2) is 27.5 Å². The van der Waals surface area contributed by atoms with E-state index in [-0.39, 0.29) is 17.9 Å². The lowest BCUT2D eigenvalue weighted by Gasteiger charge is -2.31. The quantitative estimate of drug-likeness (QED) is 0.699. The van der Waals surface area contributed by atoms with Crippen LogP contribution in [0, 0.1) is 0 Å². The average Bonchev–Trinajstić information content (AvgIpc) is 3.42. The van der Waals surface area contributed by atoms with Gasteiger partial charge in [-0.1, -0.05) is 24.2 Å². The number of nitrogens with zero attached hydrogens (tertiary/aromatic N) is 6. The van der Waals surface area contributed by atoms with Crippen LogP contribution in [0.4, 0.5) is 0 Å². The summed E-state index contributed by atoms with van der Waals surface area (Å²) in [6.45, 7) is 5.45. The summed E-state index contributed by atoms with van der Waals surface area (Å²) in [5.74, 6) is 1.36. The maximum atomic E-state index is 12.4. The molecule has 0 spiro atoms. The largest absolute Gasteiger partial charge is 0.338 e. The smallest absolute Gasteiger partial charge is 0.280 e. The third-order valence-corrected chi connectivity index (χ3v) is 5.26. The van der Waals surface area contributed by atoms with Crippen LogP contribution in [0.5, 0.6) is 0 Å². The SMILES string of the molecule is CC(C)c1noc(-c2cn(C3CCN(C(=O)c4ccsc4)CC3)nn2)n1. The minimum atomic E-state index is 0.107. The van der Waals surface area contributed by atoms with Crippen molar-refractivity contribution in [3.8, 4) is 11.6 Å². The molecule has 1 aliphatic heterocycles. The van der Waals surface area contributed by atoms with Crippen LogP contribution in [0.1, 0.15) is 54.8 Å². The van der Waals surface area contributed by atoms with Crippen molar-refractivity contribution in [1.82, 2.24) is 30.0 Å². The lowest BCUT2D eigenvalue weighted by atomic mass is 10.0. The molecule has 1 saturated heterocycles. The Hall–Kier alpha value is -2.55. The van der Waals surface area contributed by atoms with Gasteiger partial charge in [0, 0.05) is 24.4 Å². The van der Waals surface area contributed by atoms with Crippen molar-refractivity contribution >= 4 is 17.2 Å². The summed E-state index contributed by atoms with van der Waals surface area (Å²) in [4.78, 5) is 18.7. The summed E-state index contributed by atoms with van der Waals surface area (Å²) in [6, 6.07) is 2.09. The van der Waals surface area contributed by atoms with E-state index in [1.54, 1.807) is 11.3 Å². The highest BCUT2D eigenvalue weighted by atomic mass is 32.1. The summed E-state index contributed by atoms with van der Waals surface area (Å²) in [7, 11) is 0. The second-order valence-electron chi connectivity index (χ2n) is 6.73. The number of hydrogen-bond donors (Lipinski definition) is 0. The van der Waals surface area contributed by atoms with Crippen LogP contribution in [0.3, 0.4) is 0 Å². The van der Waals surface area contributed by atoms with Gasteiger partial charge in [0.25, 0.3) is 11.8 Å². The van der Waals surface area contributed by atoms with Gasteiger partial charge in [0.15, 0.2) is 11.5 Å². The van der Waals surface area contributed by atoms with Crippen molar-refractivity contribution in [2.24, 2.45) is 0 Å². The van der Waals surface area contributed by atoms with Crippen LogP contribution < -0.4 is 0 Å². The third kappa shape index (κ3) is 3.26. The molecule has 26 heavy (non-hydrogen) atoms. The van der Waals surface area contributed by atoms with Gasteiger partial charge < -0.3 is 9.42 Å². The summed E-state index contributed by atoms with van der Waals surface area (Å²) in [5, 5.41) is 16.2. The number of piperidine rings is 1. The summed E-state index contributed by atoms with van der Waals surface area (Å²) >= 11 is 1.54. The van der Waals surface area contributed by atoms with E-state index in [2.05, 4.69) is 20.5 Å². The number of likely N-dealkylation sites (tertiary alicyclic amines) is 1. The third-order valence-electron chi connectivity index (χ3n) is 4.58. The highest BCUT2D eigenvalue weighted by Gasteiger charge is 2.26. The standard InChI is InChI=1S/C17H20N6O2S/c1-11(2)15-18-16(25-20-15)14-9-23(21-19-14)13-3-6-22(7-4-13)17(24)12-5-8-26-10-12/h5,8-11,13H,3-4,6-7H2,1-2H3. The van der Waals surface area contributed by atoms with E-state index in [4.69, 9.17) is 4.52 Å². The molecule has 0 unspecified atom stereocenters. The Labute approximate surface area is 154 Å². The van der Waals surface area contributed by atoms with E-state index < -0.39 is 0 Å². The van der Waals surface area contributed by atoms with Crippen molar-refractivity contribution < 1.29 is 9.32 Å². The topological polar surface area (TPSA) is 89.9 Å². The molecule has 0 atom stereocenters. The molecular formula is C17H20N6O2S. The van der Waals surface area contributed by atoms with E-state index in [1.807, 2.05) is 46.5 Å². The number of amides is 1. The molecule has 0 N–H and O–H groups in total. The van der Waals surface area contributed by atoms with Crippen molar-refractivity contribution in [3.05, 3.63) is 34.4 Å². The summed E-state index contributed by atoms with van der Waals surface area (Å²) in [5.41, 5.74) is 1.36. The maximum Gasteiger partial charge on any atom is 0.280 e. The molecule has 8 nitrogen and oxygen atoms in total. The lowest BCUT2D eigenvalue weighted by Crippen LogP contribution is -2.39. The molecular weight excluding hydrogens is 352 g/mol. The molecule has 0 aliphatic carbocycles. The van der Waals surface area contributed by atoms with Crippen molar-refractivity contribution in [1.29, 1.82) is 0 Å². The predicted molar refractivity (Wildman–Crippen MR) is 95.9 cm³/mol. The maximum absolute atomic E-state index is 12.4. The molecule has 9 heteroatoms. The van der Waals surface area contributed by atoms with Gasteiger partial charge in [-0.15, -0.1) is 5.10 Å². The number of hydrogen-bond acceptors (Lipinski definition) is 7. The molecule has 4 heterocycles. The van der Waals surface area contributed by atoms with Crippen molar-refractivity contribution in [2.45, 2.75) is 38.6 Å². The average molecular weight is 372 g/mol. The first kappa shape index (κ1) is 16.9. The Morgan fingerprint density at radius 1 is 1.35 bits per heavy atom. The first-order chi connectivity index (χ1) is 12.6. The van der Waals surface area contributed by atoms with Crippen molar-refractivity contribution in [2.75, 3.05) is 13.1 Å². The van der Waals surface area contributed by atoms with Gasteiger partial charge in [-0.3, -0.25) is 4.79 Å². The number of aromatic nitrogens is 5. The molecule has 0 saturated carbocycles. The van der Waals surface area contributed by atoms with E-state index in [9.17, 15) is 4.79 Å². The summed E-state index contributed by atoms with van der Waals surface area (Å²) < 4.78 is 7.12. The number of carbonyl (C=O) groups excluding carboxylic acids is 1. The number of carbonyl (C=O) groups is 1. The van der Waals surface area contributed by atoms with Crippen LogP contribution in [-0.2, 0) is 0 Å². The van der Waals surface area contributed by atoms with Gasteiger partial charge in [0.2, 0.25) is 0 Å². The second-order valence-corrected chi connectivity index (χ2v) is 7.51. The molecule has 136 valence electrons. The zero-order valence-electron chi connectivity index (χ0n) is 14.7. The fourth-order valence-corrected chi connectivity index (χ4v) is 3.66. The Kier molecular flexibility index (Phi) is 4.54. The van der Waals surface area contributed by atoms with Crippen LogP contribution in [-0.4, -0.2) is 49.0 Å². The highest BCUT2D eigenvalue weighted by molar-refractivity contribution is 7.08. The minimum Gasteiger partial charge on any atom is -0.338 e. The van der Waals surface area contributed by atoms with Gasteiger partial charge in [0.05, 0.1) is 17.8 Å². The molecule has 1 amide bonds. The number of rotatable bonds is 4. The van der Waals surface area contributed by atoms with Crippen LogP contribution in [0.25, 0.3) is 11.6 Å². The molecule has 4 rings (SSSR count). The van der Waals surface area contributed by atoms with Crippen molar-refractivity contribution in [3.63, 3.8) is 0 Å². The Bertz CT molecular complexity index is 877. The van der Waals surface area contributed by atoms with Gasteiger partial charge in [-0.25, -0.2) is 4.68 Å². The number of thiophene rings is 1. The molecule has 0 bridgehead atoms. The van der Waals surface area contributed by atoms with E-state index >= 15 is 0 Å². The van der Waals surface area contributed by atoms with E-state index in [0.29, 0.717) is 30.5 Å². The van der Waals surface area contributed by atoms with E-state index in [0.717, 1.165) is 18.4 Å². The molecule has 3 aromatic heterocycles. The van der Waals surface area contributed by atoms with Crippen LogP contribution in [0.2, 0.25) is 0 Å². The second kappa shape index (κ2) is 6.99. The zero-order valence-corrected chi connectivity index (χ0v) is 15.5. The van der Waals surface area contributed by atoms with E-state index in [1.165, 1.54) is 0 Å². The first-order valence-electron chi connectivity index (χ1n) is 8.69. The van der Waals surface area contributed by atoms with Gasteiger partial charge in [-0.05, 0) is 24.3 Å². The molecule has 1 fully saturated rings. The molecule has 1 aliphatic rings. The fourth-order valence-electron chi connectivity index (χ4n) is 3.03. The lowest BCUT2D eigenvalue weighted by molar-refractivity contribution is 0.0690. The normalized spacial score (nSPS) is 15.7. The highest BCUT2D eigenvalue weighted by Crippen LogP contribution is 2.25. The van der Waals surface area contributed by atoms with Crippen LogP contribution >= 0.6 is 11.3 Å². The van der Waals surface area contributed by atoms with Gasteiger partial charge in [-0.2, -0.15) is 16.3 Å². The fraction of sp³-hybridized carbons (Fsp3) is 0.471. The minimum absolute atomic E-state index is 0.107. The Morgan fingerprint density at radius 3 is 2.81 bits per heavy atom.